The normalized spacial score (nSPS) is 12.2. The first kappa shape index (κ1) is 15.8. The van der Waals surface area contributed by atoms with Crippen LogP contribution in [0.1, 0.15) is 0 Å². The Morgan fingerprint density at radius 1 is 1.50 bits per heavy atom. The summed E-state index contributed by atoms with van der Waals surface area (Å²) in [5.74, 6) is 0.466. The Hall–Kier alpha value is -0.260. The van der Waals surface area contributed by atoms with Crippen molar-refractivity contribution in [3.8, 4) is 5.75 Å². The predicted octanol–water partition coefficient (Wildman–Crippen LogP) is 3.23. The lowest BCUT2D eigenvalue weighted by Crippen LogP contribution is -2.32. The molecule has 0 saturated carbocycles. The van der Waals surface area contributed by atoms with Gasteiger partial charge in [-0.05, 0) is 12.1 Å². The van der Waals surface area contributed by atoms with Crippen molar-refractivity contribution in [2.45, 2.75) is 6.10 Å². The van der Waals surface area contributed by atoms with E-state index in [0.29, 0.717) is 28.9 Å². The lowest BCUT2D eigenvalue weighted by atomic mass is 10.3. The maximum Gasteiger partial charge on any atom is 0.139 e. The summed E-state index contributed by atoms with van der Waals surface area (Å²) in [6.07, 6.45) is -0.633. The predicted molar refractivity (Wildman–Crippen MR) is 78.9 cm³/mol. The fourth-order valence-electron chi connectivity index (χ4n) is 1.21. The van der Waals surface area contributed by atoms with E-state index in [2.05, 4.69) is 27.8 Å². The molecule has 0 aliphatic carbocycles. The molecule has 0 aliphatic rings. The van der Waals surface area contributed by atoms with Gasteiger partial charge in [-0.25, -0.2) is 0 Å². The van der Waals surface area contributed by atoms with Gasteiger partial charge in [-0.1, -0.05) is 45.7 Å². The van der Waals surface area contributed by atoms with Gasteiger partial charge in [0.1, 0.15) is 18.5 Å². The number of aliphatic hydroxyl groups is 1. The van der Waals surface area contributed by atoms with E-state index in [1.165, 1.54) is 0 Å². The lowest BCUT2D eigenvalue weighted by Gasteiger charge is -2.14. The minimum atomic E-state index is -0.633. The molecule has 2 N–H and O–H groups in total. The SMILES string of the molecule is C=C(Br)CNCC(O)COc1cc(Cl)ccc1Cl. The van der Waals surface area contributed by atoms with Crippen LogP contribution in [-0.2, 0) is 0 Å². The van der Waals surface area contributed by atoms with Crippen LogP contribution in [0.4, 0.5) is 0 Å². The molecule has 0 aliphatic heterocycles. The maximum absolute atomic E-state index is 9.68. The first-order valence-corrected chi connectivity index (χ1v) is 6.84. The maximum atomic E-state index is 9.68. The topological polar surface area (TPSA) is 41.5 Å². The lowest BCUT2D eigenvalue weighted by molar-refractivity contribution is 0.107. The Morgan fingerprint density at radius 2 is 2.22 bits per heavy atom. The van der Waals surface area contributed by atoms with Gasteiger partial charge in [-0.2, -0.15) is 0 Å². The van der Waals surface area contributed by atoms with E-state index < -0.39 is 6.10 Å². The van der Waals surface area contributed by atoms with Gasteiger partial charge in [0.15, 0.2) is 0 Å². The number of aliphatic hydroxyl groups excluding tert-OH is 1. The van der Waals surface area contributed by atoms with Gasteiger partial charge < -0.3 is 15.2 Å². The summed E-state index contributed by atoms with van der Waals surface area (Å²) >= 11 is 15.0. The molecule has 0 fully saturated rings. The van der Waals surface area contributed by atoms with Gasteiger partial charge in [-0.3, -0.25) is 0 Å². The standard InChI is InChI=1S/C12H14BrCl2NO2/c1-8(13)5-16-6-10(17)7-18-12-4-9(14)2-3-11(12)15/h2-4,10,16-17H,1,5-7H2. The molecule has 1 aromatic rings. The highest BCUT2D eigenvalue weighted by molar-refractivity contribution is 9.11. The second-order valence-corrected chi connectivity index (χ2v) is 5.65. The number of ether oxygens (including phenoxy) is 1. The third-order valence-electron chi connectivity index (χ3n) is 2.02. The van der Waals surface area contributed by atoms with Crippen LogP contribution in [0.15, 0.2) is 29.3 Å². The average molecular weight is 355 g/mol. The summed E-state index contributed by atoms with van der Waals surface area (Å²) in [5.41, 5.74) is 0. The number of halogens is 3. The van der Waals surface area contributed by atoms with Crippen LogP contribution in [0.5, 0.6) is 5.75 Å². The molecule has 0 spiro atoms. The van der Waals surface area contributed by atoms with E-state index in [1.54, 1.807) is 18.2 Å². The van der Waals surface area contributed by atoms with Gasteiger partial charge in [-0.15, -0.1) is 0 Å². The zero-order valence-corrected chi connectivity index (χ0v) is 12.7. The number of benzene rings is 1. The van der Waals surface area contributed by atoms with Gasteiger partial charge in [0.2, 0.25) is 0 Å². The Balaban J connectivity index is 2.35. The quantitative estimate of drug-likeness (QED) is 0.789. The summed E-state index contributed by atoms with van der Waals surface area (Å²) in [4.78, 5) is 0. The molecule has 0 saturated heterocycles. The Labute approximate surface area is 125 Å². The smallest absolute Gasteiger partial charge is 0.139 e. The van der Waals surface area contributed by atoms with E-state index in [1.807, 2.05) is 0 Å². The van der Waals surface area contributed by atoms with E-state index in [4.69, 9.17) is 27.9 Å². The fraction of sp³-hybridized carbons (Fsp3) is 0.333. The van der Waals surface area contributed by atoms with Crippen molar-refractivity contribution >= 4 is 39.1 Å². The second kappa shape index (κ2) is 8.02. The van der Waals surface area contributed by atoms with Crippen LogP contribution in [-0.4, -0.2) is 30.9 Å². The van der Waals surface area contributed by atoms with Gasteiger partial charge >= 0.3 is 0 Å². The molecule has 1 unspecified atom stereocenters. The Morgan fingerprint density at radius 3 is 2.89 bits per heavy atom. The molecular weight excluding hydrogens is 341 g/mol. The van der Waals surface area contributed by atoms with Crippen molar-refractivity contribution in [3.05, 3.63) is 39.3 Å². The fourth-order valence-corrected chi connectivity index (χ4v) is 1.74. The van der Waals surface area contributed by atoms with Crippen LogP contribution < -0.4 is 10.1 Å². The summed E-state index contributed by atoms with van der Waals surface area (Å²) in [6.45, 7) is 4.81. The molecule has 3 nitrogen and oxygen atoms in total. The molecular formula is C12H14BrCl2NO2. The molecule has 0 bridgehead atoms. The second-order valence-electron chi connectivity index (χ2n) is 3.69. The third kappa shape index (κ3) is 6.07. The molecule has 18 heavy (non-hydrogen) atoms. The molecule has 1 rings (SSSR count). The van der Waals surface area contributed by atoms with Crippen molar-refractivity contribution in [3.63, 3.8) is 0 Å². The first-order valence-electron chi connectivity index (χ1n) is 5.29. The highest BCUT2D eigenvalue weighted by Crippen LogP contribution is 2.27. The molecule has 0 aromatic heterocycles. The van der Waals surface area contributed by atoms with E-state index in [-0.39, 0.29) is 6.61 Å². The number of hydrogen-bond acceptors (Lipinski definition) is 3. The molecule has 0 heterocycles. The molecule has 1 aromatic carbocycles. The van der Waals surface area contributed by atoms with Crippen LogP contribution in [0.3, 0.4) is 0 Å². The largest absolute Gasteiger partial charge is 0.489 e. The van der Waals surface area contributed by atoms with Crippen LogP contribution in [0.2, 0.25) is 10.0 Å². The van der Waals surface area contributed by atoms with E-state index in [9.17, 15) is 5.11 Å². The third-order valence-corrected chi connectivity index (χ3v) is 2.85. The van der Waals surface area contributed by atoms with Crippen molar-refractivity contribution in [1.29, 1.82) is 0 Å². The number of rotatable bonds is 7. The highest BCUT2D eigenvalue weighted by Gasteiger charge is 2.07. The van der Waals surface area contributed by atoms with Gasteiger partial charge in [0.05, 0.1) is 5.02 Å². The van der Waals surface area contributed by atoms with Crippen molar-refractivity contribution in [2.24, 2.45) is 0 Å². The van der Waals surface area contributed by atoms with Crippen molar-refractivity contribution < 1.29 is 9.84 Å². The monoisotopic (exact) mass is 353 g/mol. The van der Waals surface area contributed by atoms with Crippen molar-refractivity contribution in [1.82, 2.24) is 5.32 Å². The minimum Gasteiger partial charge on any atom is -0.489 e. The summed E-state index contributed by atoms with van der Waals surface area (Å²) in [6, 6.07) is 4.94. The zero-order chi connectivity index (χ0) is 13.5. The molecule has 0 amide bonds. The Bertz CT molecular complexity index is 415. The van der Waals surface area contributed by atoms with Crippen molar-refractivity contribution in [2.75, 3.05) is 19.7 Å². The number of hydrogen-bond donors (Lipinski definition) is 2. The van der Waals surface area contributed by atoms with Crippen LogP contribution >= 0.6 is 39.1 Å². The molecule has 1 atom stereocenters. The van der Waals surface area contributed by atoms with E-state index >= 15 is 0 Å². The first-order chi connectivity index (χ1) is 8.49. The van der Waals surface area contributed by atoms with Crippen LogP contribution in [0, 0.1) is 0 Å². The molecule has 100 valence electrons. The number of nitrogens with one attached hydrogen (secondary N) is 1. The van der Waals surface area contributed by atoms with Gasteiger partial charge in [0, 0.05) is 28.7 Å². The Kier molecular flexibility index (Phi) is 7.04. The molecule has 0 radical (unpaired) electrons. The zero-order valence-electron chi connectivity index (χ0n) is 9.63. The van der Waals surface area contributed by atoms with E-state index in [0.717, 1.165) is 4.48 Å². The van der Waals surface area contributed by atoms with Gasteiger partial charge in [0.25, 0.3) is 0 Å². The summed E-state index contributed by atoms with van der Waals surface area (Å²) in [7, 11) is 0. The summed E-state index contributed by atoms with van der Waals surface area (Å²) < 4.78 is 6.22. The minimum absolute atomic E-state index is 0.141. The highest BCUT2D eigenvalue weighted by atomic mass is 79.9. The average Bonchev–Trinajstić information content (AvgIpc) is 2.30. The van der Waals surface area contributed by atoms with Crippen LogP contribution in [0.25, 0.3) is 0 Å². The molecule has 6 heteroatoms. The summed E-state index contributed by atoms with van der Waals surface area (Å²) in [5, 5.41) is 13.7.